The van der Waals surface area contributed by atoms with E-state index in [9.17, 15) is 4.79 Å². The van der Waals surface area contributed by atoms with Crippen molar-refractivity contribution < 1.29 is 9.90 Å². The summed E-state index contributed by atoms with van der Waals surface area (Å²) in [5.74, 6) is 0.0962. The first-order valence-electron chi connectivity index (χ1n) is 6.47. The normalized spacial score (nSPS) is 15.1. The summed E-state index contributed by atoms with van der Waals surface area (Å²) in [6.07, 6.45) is 0.645. The second-order valence-corrected chi connectivity index (χ2v) is 5.93. The van der Waals surface area contributed by atoms with Crippen LogP contribution in [0.5, 0.6) is 0 Å². The molecule has 1 aromatic carbocycles. The molecule has 1 aliphatic heterocycles. The first-order valence-corrected chi connectivity index (χ1v) is 6.47. The summed E-state index contributed by atoms with van der Waals surface area (Å²) in [6, 6.07) is 6.13. The largest absolute Gasteiger partial charge is 0.396 e. The van der Waals surface area contributed by atoms with Crippen LogP contribution < -0.4 is 0 Å². The second-order valence-electron chi connectivity index (χ2n) is 5.93. The van der Waals surface area contributed by atoms with Crippen LogP contribution in [0.4, 0.5) is 0 Å². The Bertz CT molecular complexity index is 460. The van der Waals surface area contributed by atoms with Gasteiger partial charge >= 0.3 is 0 Å². The third-order valence-corrected chi connectivity index (χ3v) is 3.44. The van der Waals surface area contributed by atoms with E-state index in [1.165, 1.54) is 5.56 Å². The molecule has 0 atom stereocenters. The van der Waals surface area contributed by atoms with Crippen molar-refractivity contribution >= 4 is 5.91 Å². The molecule has 0 saturated carbocycles. The van der Waals surface area contributed by atoms with Crippen LogP contribution in [-0.4, -0.2) is 29.1 Å². The number of fused-ring (bicyclic) bond motifs is 1. The summed E-state index contributed by atoms with van der Waals surface area (Å²) < 4.78 is 0. The van der Waals surface area contributed by atoms with Gasteiger partial charge in [-0.1, -0.05) is 32.9 Å². The van der Waals surface area contributed by atoms with Crippen LogP contribution in [0, 0.1) is 0 Å². The number of nitrogens with zero attached hydrogens (tertiary/aromatic N) is 1. The second kappa shape index (κ2) is 4.73. The third-order valence-electron chi connectivity index (χ3n) is 3.44. The zero-order valence-electron chi connectivity index (χ0n) is 11.4. The number of aliphatic hydroxyl groups is 1. The topological polar surface area (TPSA) is 40.5 Å². The van der Waals surface area contributed by atoms with E-state index < -0.39 is 0 Å². The van der Waals surface area contributed by atoms with Crippen molar-refractivity contribution in [1.82, 2.24) is 4.90 Å². The first kappa shape index (κ1) is 13.1. The van der Waals surface area contributed by atoms with Gasteiger partial charge in [0.25, 0.3) is 5.91 Å². The van der Waals surface area contributed by atoms with E-state index in [0.29, 0.717) is 19.5 Å². The molecule has 98 valence electrons. The van der Waals surface area contributed by atoms with Crippen molar-refractivity contribution in [3.8, 4) is 0 Å². The highest BCUT2D eigenvalue weighted by Crippen LogP contribution is 2.29. The smallest absolute Gasteiger partial charge is 0.254 e. The Morgan fingerprint density at radius 2 is 2.06 bits per heavy atom. The maximum atomic E-state index is 12.1. The molecule has 0 saturated heterocycles. The maximum Gasteiger partial charge on any atom is 0.254 e. The molecule has 1 aliphatic rings. The lowest BCUT2D eigenvalue weighted by atomic mass is 9.85. The Morgan fingerprint density at radius 3 is 2.67 bits per heavy atom. The van der Waals surface area contributed by atoms with Crippen LogP contribution in [0.15, 0.2) is 18.2 Å². The third kappa shape index (κ3) is 2.41. The fourth-order valence-corrected chi connectivity index (χ4v) is 2.29. The Morgan fingerprint density at radius 1 is 1.33 bits per heavy atom. The molecule has 0 aliphatic carbocycles. The zero-order chi connectivity index (χ0) is 13.3. The van der Waals surface area contributed by atoms with Gasteiger partial charge in [-0.25, -0.2) is 0 Å². The fraction of sp³-hybridized carbons (Fsp3) is 0.533. The van der Waals surface area contributed by atoms with Crippen LogP contribution >= 0.6 is 0 Å². The maximum absolute atomic E-state index is 12.1. The fourth-order valence-electron chi connectivity index (χ4n) is 2.29. The van der Waals surface area contributed by atoms with Crippen molar-refractivity contribution in [2.24, 2.45) is 0 Å². The summed E-state index contributed by atoms with van der Waals surface area (Å²) in [5, 5.41) is 8.84. The van der Waals surface area contributed by atoms with Gasteiger partial charge in [0.15, 0.2) is 0 Å². The zero-order valence-corrected chi connectivity index (χ0v) is 11.4. The average Bonchev–Trinajstić information content (AvgIpc) is 2.62. The minimum absolute atomic E-state index is 0.0962. The number of carbonyl (C=O) groups excluding carboxylic acids is 1. The van der Waals surface area contributed by atoms with Gasteiger partial charge in [0.2, 0.25) is 0 Å². The quantitative estimate of drug-likeness (QED) is 0.890. The van der Waals surface area contributed by atoms with E-state index >= 15 is 0 Å². The molecule has 2 rings (SSSR count). The molecule has 1 aromatic rings. The minimum atomic E-state index is 0.0962. The molecule has 0 bridgehead atoms. The first-order chi connectivity index (χ1) is 8.43. The minimum Gasteiger partial charge on any atom is -0.396 e. The number of hydrogen-bond donors (Lipinski definition) is 1. The highest BCUT2D eigenvalue weighted by molar-refractivity contribution is 5.98. The van der Waals surface area contributed by atoms with E-state index in [-0.39, 0.29) is 17.9 Å². The van der Waals surface area contributed by atoms with E-state index in [0.717, 1.165) is 11.1 Å². The van der Waals surface area contributed by atoms with Crippen LogP contribution in [0.3, 0.4) is 0 Å². The Hall–Kier alpha value is -1.35. The molecule has 0 spiro atoms. The van der Waals surface area contributed by atoms with E-state index in [1.54, 1.807) is 0 Å². The van der Waals surface area contributed by atoms with Gasteiger partial charge in [0.1, 0.15) is 0 Å². The van der Waals surface area contributed by atoms with E-state index in [1.807, 2.05) is 17.0 Å². The molecule has 0 unspecified atom stereocenters. The SMILES string of the molecule is CC(C)(C)c1ccc2c(c1)CN(CCCO)C2=O. The van der Waals surface area contributed by atoms with Gasteiger partial charge in [-0.15, -0.1) is 0 Å². The van der Waals surface area contributed by atoms with Gasteiger partial charge in [0.05, 0.1) is 0 Å². The molecule has 3 nitrogen and oxygen atoms in total. The van der Waals surface area contributed by atoms with Crippen molar-refractivity contribution in [2.75, 3.05) is 13.2 Å². The average molecular weight is 247 g/mol. The predicted molar refractivity (Wildman–Crippen MR) is 71.6 cm³/mol. The van der Waals surface area contributed by atoms with Crippen molar-refractivity contribution in [3.05, 3.63) is 34.9 Å². The van der Waals surface area contributed by atoms with E-state index in [4.69, 9.17) is 5.11 Å². The van der Waals surface area contributed by atoms with Crippen LogP contribution in [0.2, 0.25) is 0 Å². The lowest BCUT2D eigenvalue weighted by Gasteiger charge is -2.19. The standard InChI is InChI=1S/C15H21NO2/c1-15(2,3)12-5-6-13-11(9-12)10-16(14(13)18)7-4-8-17/h5-6,9,17H,4,7-8,10H2,1-3H3. The molecule has 3 heteroatoms. The molecule has 1 heterocycles. The highest BCUT2D eigenvalue weighted by atomic mass is 16.3. The van der Waals surface area contributed by atoms with Gasteiger partial charge < -0.3 is 10.0 Å². The van der Waals surface area contributed by atoms with Crippen LogP contribution in [-0.2, 0) is 12.0 Å². The van der Waals surface area contributed by atoms with Gasteiger partial charge in [-0.05, 0) is 29.0 Å². The Balaban J connectivity index is 2.24. The summed E-state index contributed by atoms with van der Waals surface area (Å²) >= 11 is 0. The molecule has 1 amide bonds. The van der Waals surface area contributed by atoms with Crippen LogP contribution in [0.25, 0.3) is 0 Å². The highest BCUT2D eigenvalue weighted by Gasteiger charge is 2.28. The molecular weight excluding hydrogens is 226 g/mol. The Kier molecular flexibility index (Phi) is 3.44. The molecule has 18 heavy (non-hydrogen) atoms. The molecule has 0 fully saturated rings. The lowest BCUT2D eigenvalue weighted by molar-refractivity contribution is 0.0768. The lowest BCUT2D eigenvalue weighted by Crippen LogP contribution is -2.25. The van der Waals surface area contributed by atoms with Crippen molar-refractivity contribution in [1.29, 1.82) is 0 Å². The number of hydrogen-bond acceptors (Lipinski definition) is 2. The van der Waals surface area contributed by atoms with Crippen molar-refractivity contribution in [2.45, 2.75) is 39.2 Å². The number of benzene rings is 1. The Labute approximate surface area is 108 Å². The van der Waals surface area contributed by atoms with E-state index in [2.05, 4.69) is 26.8 Å². The summed E-state index contributed by atoms with van der Waals surface area (Å²) in [5.41, 5.74) is 3.31. The van der Waals surface area contributed by atoms with Gasteiger partial charge in [-0.2, -0.15) is 0 Å². The summed E-state index contributed by atoms with van der Waals surface area (Å²) in [7, 11) is 0. The molecule has 0 radical (unpaired) electrons. The van der Waals surface area contributed by atoms with Gasteiger partial charge in [-0.3, -0.25) is 4.79 Å². The number of aliphatic hydroxyl groups excluding tert-OH is 1. The predicted octanol–water partition coefficient (Wildman–Crippen LogP) is 2.32. The summed E-state index contributed by atoms with van der Waals surface area (Å²) in [6.45, 7) is 7.97. The monoisotopic (exact) mass is 247 g/mol. The van der Waals surface area contributed by atoms with Gasteiger partial charge in [0, 0.05) is 25.3 Å². The molecule has 1 N–H and O–H groups in total. The van der Waals surface area contributed by atoms with Crippen LogP contribution in [0.1, 0.15) is 48.7 Å². The number of rotatable bonds is 3. The molecule has 0 aromatic heterocycles. The summed E-state index contributed by atoms with van der Waals surface area (Å²) in [4.78, 5) is 13.9. The van der Waals surface area contributed by atoms with Crippen molar-refractivity contribution in [3.63, 3.8) is 0 Å². The number of carbonyl (C=O) groups is 1. The molecular formula is C15H21NO2. The number of amides is 1.